The molecule has 9 heavy (non-hydrogen) atoms. The molecule has 0 radical (unpaired) electrons. The Hall–Kier alpha value is -0.890. The van der Waals surface area contributed by atoms with Crippen LogP contribution in [0.2, 0.25) is 0 Å². The van der Waals surface area contributed by atoms with Crippen molar-refractivity contribution >= 4 is 5.78 Å². The first kappa shape index (κ1) is 6.23. The summed E-state index contributed by atoms with van der Waals surface area (Å²) >= 11 is 0. The standard InChI is InChI=1S/C7H8O2/c1-4-3-6(8)5(2)7(4)9/h3,7,9H,2H2,1H3. The van der Waals surface area contributed by atoms with E-state index in [0.29, 0.717) is 5.57 Å². The molecule has 2 heteroatoms. The number of carbonyl (C=O) groups is 1. The molecule has 2 nitrogen and oxygen atoms in total. The average Bonchev–Trinajstić information content (AvgIpc) is 1.98. The Morgan fingerprint density at radius 3 is 2.44 bits per heavy atom. The molecule has 0 amide bonds. The Bertz CT molecular complexity index is 201. The predicted molar refractivity (Wildman–Crippen MR) is 33.9 cm³/mol. The smallest absolute Gasteiger partial charge is 0.184 e. The van der Waals surface area contributed by atoms with Crippen LogP contribution < -0.4 is 0 Å². The summed E-state index contributed by atoms with van der Waals surface area (Å²) in [5, 5.41) is 9.05. The third-order valence-corrected chi connectivity index (χ3v) is 1.44. The molecule has 0 aromatic carbocycles. The quantitative estimate of drug-likeness (QED) is 0.475. The maximum Gasteiger partial charge on any atom is 0.184 e. The fourth-order valence-electron chi connectivity index (χ4n) is 0.788. The van der Waals surface area contributed by atoms with Crippen molar-refractivity contribution < 1.29 is 9.90 Å². The lowest BCUT2D eigenvalue weighted by molar-refractivity contribution is -0.111. The molecule has 0 aromatic rings. The molecule has 0 saturated carbocycles. The average molecular weight is 124 g/mol. The van der Waals surface area contributed by atoms with Crippen molar-refractivity contribution in [2.45, 2.75) is 13.0 Å². The Kier molecular flexibility index (Phi) is 1.25. The number of carbonyl (C=O) groups excluding carboxylic acids is 1. The normalized spacial score (nSPS) is 26.9. The second-order valence-corrected chi connectivity index (χ2v) is 2.18. The van der Waals surface area contributed by atoms with Crippen molar-refractivity contribution in [3.63, 3.8) is 0 Å². The summed E-state index contributed by atoms with van der Waals surface area (Å²) < 4.78 is 0. The van der Waals surface area contributed by atoms with Gasteiger partial charge in [-0.1, -0.05) is 6.58 Å². The van der Waals surface area contributed by atoms with E-state index in [1.165, 1.54) is 6.08 Å². The van der Waals surface area contributed by atoms with Crippen molar-refractivity contribution in [2.75, 3.05) is 0 Å². The van der Waals surface area contributed by atoms with Gasteiger partial charge in [-0.3, -0.25) is 4.79 Å². The zero-order chi connectivity index (χ0) is 7.02. The minimum Gasteiger partial charge on any atom is -0.384 e. The van der Waals surface area contributed by atoms with Crippen molar-refractivity contribution in [1.29, 1.82) is 0 Å². The van der Waals surface area contributed by atoms with Crippen LogP contribution in [-0.2, 0) is 4.79 Å². The minimum absolute atomic E-state index is 0.153. The highest BCUT2D eigenvalue weighted by Crippen LogP contribution is 2.18. The topological polar surface area (TPSA) is 37.3 Å². The molecule has 1 rings (SSSR count). The molecule has 0 aliphatic heterocycles. The third kappa shape index (κ3) is 0.813. The van der Waals surface area contributed by atoms with Crippen LogP contribution in [0.15, 0.2) is 23.8 Å². The van der Waals surface area contributed by atoms with E-state index in [0.717, 1.165) is 0 Å². The molecule has 1 N–H and O–H groups in total. The van der Waals surface area contributed by atoms with Crippen LogP contribution >= 0.6 is 0 Å². The van der Waals surface area contributed by atoms with Gasteiger partial charge in [-0.2, -0.15) is 0 Å². The lowest BCUT2D eigenvalue weighted by Crippen LogP contribution is -2.07. The SMILES string of the molecule is C=C1C(=O)C=C(C)C1O. The summed E-state index contributed by atoms with van der Waals surface area (Å²) in [7, 11) is 0. The first-order chi connectivity index (χ1) is 4.13. The monoisotopic (exact) mass is 124 g/mol. The molecule has 48 valence electrons. The van der Waals surface area contributed by atoms with Gasteiger partial charge in [0, 0.05) is 5.57 Å². The van der Waals surface area contributed by atoms with Gasteiger partial charge in [0.05, 0.1) is 0 Å². The van der Waals surface area contributed by atoms with E-state index >= 15 is 0 Å². The highest BCUT2D eigenvalue weighted by Gasteiger charge is 2.23. The zero-order valence-electron chi connectivity index (χ0n) is 5.22. The van der Waals surface area contributed by atoms with Crippen molar-refractivity contribution in [2.24, 2.45) is 0 Å². The van der Waals surface area contributed by atoms with Crippen LogP contribution in [0, 0.1) is 0 Å². The molecule has 1 aliphatic rings. The van der Waals surface area contributed by atoms with Crippen LogP contribution in [0.4, 0.5) is 0 Å². The van der Waals surface area contributed by atoms with E-state index in [2.05, 4.69) is 6.58 Å². The number of hydrogen-bond donors (Lipinski definition) is 1. The fraction of sp³-hybridized carbons (Fsp3) is 0.286. The van der Waals surface area contributed by atoms with Crippen molar-refractivity contribution in [3.8, 4) is 0 Å². The zero-order valence-corrected chi connectivity index (χ0v) is 5.22. The Morgan fingerprint density at radius 2 is 2.33 bits per heavy atom. The number of aliphatic hydroxyl groups excluding tert-OH is 1. The maximum atomic E-state index is 10.7. The summed E-state index contributed by atoms with van der Waals surface area (Å²) in [5.74, 6) is -0.153. The van der Waals surface area contributed by atoms with Gasteiger partial charge in [0.2, 0.25) is 0 Å². The van der Waals surface area contributed by atoms with Gasteiger partial charge in [0.15, 0.2) is 5.78 Å². The second-order valence-electron chi connectivity index (χ2n) is 2.18. The van der Waals surface area contributed by atoms with Crippen LogP contribution in [0.5, 0.6) is 0 Å². The Morgan fingerprint density at radius 1 is 1.78 bits per heavy atom. The predicted octanol–water partition coefficient (Wildman–Crippen LogP) is 0.432. The molecule has 0 spiro atoms. The Labute approximate surface area is 53.5 Å². The van der Waals surface area contributed by atoms with E-state index in [-0.39, 0.29) is 11.4 Å². The van der Waals surface area contributed by atoms with Gasteiger partial charge in [-0.15, -0.1) is 0 Å². The molecule has 0 heterocycles. The molecule has 1 atom stereocenters. The molecular weight excluding hydrogens is 116 g/mol. The fourth-order valence-corrected chi connectivity index (χ4v) is 0.788. The van der Waals surface area contributed by atoms with Gasteiger partial charge in [-0.25, -0.2) is 0 Å². The van der Waals surface area contributed by atoms with E-state index in [1.807, 2.05) is 0 Å². The highest BCUT2D eigenvalue weighted by molar-refractivity contribution is 6.08. The van der Waals surface area contributed by atoms with Crippen LogP contribution in [0.1, 0.15) is 6.92 Å². The van der Waals surface area contributed by atoms with Gasteiger partial charge in [0.25, 0.3) is 0 Å². The molecule has 0 saturated heterocycles. The third-order valence-electron chi connectivity index (χ3n) is 1.44. The molecule has 1 aliphatic carbocycles. The van der Waals surface area contributed by atoms with Gasteiger partial charge < -0.3 is 5.11 Å². The summed E-state index contributed by atoms with van der Waals surface area (Å²) in [6.45, 7) is 5.12. The number of ketones is 1. The van der Waals surface area contributed by atoms with Gasteiger partial charge in [-0.05, 0) is 18.6 Å². The molecular formula is C7H8O2. The van der Waals surface area contributed by atoms with E-state index in [4.69, 9.17) is 5.11 Å². The first-order valence-corrected chi connectivity index (χ1v) is 2.72. The molecule has 0 aromatic heterocycles. The van der Waals surface area contributed by atoms with Gasteiger partial charge in [0.1, 0.15) is 6.10 Å². The summed E-state index contributed by atoms with van der Waals surface area (Å²) in [6, 6.07) is 0. The number of aliphatic hydroxyl groups is 1. The molecule has 0 bridgehead atoms. The largest absolute Gasteiger partial charge is 0.384 e. The number of allylic oxidation sites excluding steroid dienone is 1. The van der Waals surface area contributed by atoms with Crippen molar-refractivity contribution in [1.82, 2.24) is 0 Å². The van der Waals surface area contributed by atoms with E-state index < -0.39 is 6.10 Å². The lowest BCUT2D eigenvalue weighted by atomic mass is 10.1. The van der Waals surface area contributed by atoms with Gasteiger partial charge >= 0.3 is 0 Å². The number of rotatable bonds is 0. The van der Waals surface area contributed by atoms with Crippen molar-refractivity contribution in [3.05, 3.63) is 23.8 Å². The minimum atomic E-state index is -0.725. The number of hydrogen-bond acceptors (Lipinski definition) is 2. The van der Waals surface area contributed by atoms with Crippen LogP contribution in [0.25, 0.3) is 0 Å². The highest BCUT2D eigenvalue weighted by atomic mass is 16.3. The van der Waals surface area contributed by atoms with Crippen LogP contribution in [-0.4, -0.2) is 17.0 Å². The Balaban J connectivity index is 2.95. The molecule has 0 fully saturated rings. The summed E-state index contributed by atoms with van der Waals surface area (Å²) in [4.78, 5) is 10.7. The second kappa shape index (κ2) is 1.81. The lowest BCUT2D eigenvalue weighted by Gasteiger charge is -2.00. The summed E-state index contributed by atoms with van der Waals surface area (Å²) in [5.41, 5.74) is 0.970. The summed E-state index contributed by atoms with van der Waals surface area (Å²) in [6.07, 6.45) is 0.685. The molecule has 1 unspecified atom stereocenters. The maximum absolute atomic E-state index is 10.7. The first-order valence-electron chi connectivity index (χ1n) is 2.72. The van der Waals surface area contributed by atoms with Crippen LogP contribution in [0.3, 0.4) is 0 Å². The van der Waals surface area contributed by atoms with E-state index in [9.17, 15) is 4.79 Å². The van der Waals surface area contributed by atoms with E-state index in [1.54, 1.807) is 6.92 Å².